The highest BCUT2D eigenvalue weighted by Crippen LogP contribution is 2.32. The standard InChI is InChI=1S/C10H16N2O3S2/c1-8-7-11-4-5-12(8)17(13,14)10-9(15-2)3-6-16-10/h3,6,8,11H,4-5,7H2,1-2H3/t8-/m0/s1. The SMILES string of the molecule is COc1ccsc1S(=O)(=O)N1CCNC[C@@H]1C. The van der Waals surface area contributed by atoms with Crippen molar-refractivity contribution in [3.63, 3.8) is 0 Å². The molecule has 0 spiro atoms. The van der Waals surface area contributed by atoms with Crippen LogP contribution in [0, 0.1) is 0 Å². The molecule has 17 heavy (non-hydrogen) atoms. The minimum atomic E-state index is -3.42. The molecule has 1 saturated heterocycles. The molecule has 7 heteroatoms. The van der Waals surface area contributed by atoms with Gasteiger partial charge in [-0.05, 0) is 18.4 Å². The summed E-state index contributed by atoms with van der Waals surface area (Å²) in [6.45, 7) is 3.79. The molecule has 2 heterocycles. The molecule has 2 rings (SSSR count). The van der Waals surface area contributed by atoms with E-state index in [4.69, 9.17) is 4.74 Å². The molecular formula is C10H16N2O3S2. The Morgan fingerprint density at radius 2 is 2.35 bits per heavy atom. The highest BCUT2D eigenvalue weighted by atomic mass is 32.2. The van der Waals surface area contributed by atoms with E-state index >= 15 is 0 Å². The molecule has 1 aromatic heterocycles. The Hall–Kier alpha value is -0.630. The maximum Gasteiger partial charge on any atom is 0.256 e. The Morgan fingerprint density at radius 1 is 1.59 bits per heavy atom. The number of piperazine rings is 1. The van der Waals surface area contributed by atoms with Gasteiger partial charge >= 0.3 is 0 Å². The first kappa shape index (κ1) is 12.8. The molecule has 1 aromatic rings. The average Bonchev–Trinajstić information content (AvgIpc) is 2.78. The van der Waals surface area contributed by atoms with Gasteiger partial charge in [0.05, 0.1) is 7.11 Å². The fourth-order valence-corrected chi connectivity index (χ4v) is 4.93. The minimum Gasteiger partial charge on any atom is -0.494 e. The Balaban J connectivity index is 2.35. The largest absolute Gasteiger partial charge is 0.494 e. The van der Waals surface area contributed by atoms with Gasteiger partial charge < -0.3 is 10.1 Å². The molecule has 0 aromatic carbocycles. The summed E-state index contributed by atoms with van der Waals surface area (Å²) in [5.74, 6) is 0.431. The topological polar surface area (TPSA) is 58.6 Å². The van der Waals surface area contributed by atoms with Crippen LogP contribution in [0.5, 0.6) is 5.75 Å². The maximum absolute atomic E-state index is 12.5. The van der Waals surface area contributed by atoms with Gasteiger partial charge in [-0.1, -0.05) is 0 Å². The Bertz CT molecular complexity index is 483. The number of hydrogen-bond acceptors (Lipinski definition) is 5. The monoisotopic (exact) mass is 276 g/mol. The second kappa shape index (κ2) is 4.93. The Morgan fingerprint density at radius 3 is 3.00 bits per heavy atom. The van der Waals surface area contributed by atoms with Crippen LogP contribution in [0.25, 0.3) is 0 Å². The molecule has 0 amide bonds. The zero-order chi connectivity index (χ0) is 12.5. The van der Waals surface area contributed by atoms with Gasteiger partial charge in [0.2, 0.25) is 0 Å². The van der Waals surface area contributed by atoms with Crippen LogP contribution in [0.4, 0.5) is 0 Å². The number of ether oxygens (including phenoxy) is 1. The van der Waals surface area contributed by atoms with Gasteiger partial charge in [0.25, 0.3) is 10.0 Å². The van der Waals surface area contributed by atoms with Crippen molar-refractivity contribution in [1.29, 1.82) is 0 Å². The molecule has 0 aliphatic carbocycles. The van der Waals surface area contributed by atoms with Crippen molar-refractivity contribution in [3.8, 4) is 5.75 Å². The molecule has 1 aliphatic rings. The summed E-state index contributed by atoms with van der Waals surface area (Å²) >= 11 is 1.20. The fraction of sp³-hybridized carbons (Fsp3) is 0.600. The smallest absolute Gasteiger partial charge is 0.256 e. The lowest BCUT2D eigenvalue weighted by atomic mass is 10.3. The van der Waals surface area contributed by atoms with Crippen LogP contribution in [-0.2, 0) is 10.0 Å². The number of nitrogens with zero attached hydrogens (tertiary/aromatic N) is 1. The van der Waals surface area contributed by atoms with Gasteiger partial charge in [0.1, 0.15) is 5.75 Å². The predicted octanol–water partition coefficient (Wildman–Crippen LogP) is 0.739. The predicted molar refractivity (Wildman–Crippen MR) is 67.1 cm³/mol. The van der Waals surface area contributed by atoms with E-state index in [2.05, 4.69) is 5.32 Å². The summed E-state index contributed by atoms with van der Waals surface area (Å²) in [6.07, 6.45) is 0. The van der Waals surface area contributed by atoms with Gasteiger partial charge in [-0.25, -0.2) is 8.42 Å². The van der Waals surface area contributed by atoms with Crippen molar-refractivity contribution in [2.45, 2.75) is 17.2 Å². The highest BCUT2D eigenvalue weighted by Gasteiger charge is 2.33. The number of thiophene rings is 1. The second-order valence-electron chi connectivity index (χ2n) is 3.95. The zero-order valence-corrected chi connectivity index (χ0v) is 11.5. The van der Waals surface area contributed by atoms with Gasteiger partial charge in [0, 0.05) is 25.7 Å². The first-order valence-corrected chi connectivity index (χ1v) is 7.73. The average molecular weight is 276 g/mol. The van der Waals surface area contributed by atoms with Gasteiger partial charge in [-0.2, -0.15) is 4.31 Å². The van der Waals surface area contributed by atoms with Crippen LogP contribution < -0.4 is 10.1 Å². The lowest BCUT2D eigenvalue weighted by Gasteiger charge is -2.32. The number of nitrogens with one attached hydrogen (secondary N) is 1. The number of rotatable bonds is 3. The first-order chi connectivity index (χ1) is 8.07. The Labute approximate surface area is 105 Å². The highest BCUT2D eigenvalue weighted by molar-refractivity contribution is 7.91. The van der Waals surface area contributed by atoms with Gasteiger partial charge in [-0.3, -0.25) is 0 Å². The van der Waals surface area contributed by atoms with Crippen molar-refractivity contribution in [2.75, 3.05) is 26.7 Å². The van der Waals surface area contributed by atoms with E-state index in [1.54, 1.807) is 11.4 Å². The second-order valence-corrected chi connectivity index (χ2v) is 6.95. The van der Waals surface area contributed by atoms with E-state index in [0.29, 0.717) is 29.6 Å². The summed E-state index contributed by atoms with van der Waals surface area (Å²) in [4.78, 5) is 0. The summed E-state index contributed by atoms with van der Waals surface area (Å²) < 4.78 is 31.9. The Kier molecular flexibility index (Phi) is 3.72. The summed E-state index contributed by atoms with van der Waals surface area (Å²) in [6, 6.07) is 1.66. The lowest BCUT2D eigenvalue weighted by molar-refractivity contribution is 0.283. The van der Waals surface area contributed by atoms with Crippen LogP contribution in [0.3, 0.4) is 0 Å². The van der Waals surface area contributed by atoms with Crippen LogP contribution >= 0.6 is 11.3 Å². The summed E-state index contributed by atoms with van der Waals surface area (Å²) in [5, 5.41) is 4.91. The number of sulfonamides is 1. The van der Waals surface area contributed by atoms with Crippen molar-refractivity contribution in [2.24, 2.45) is 0 Å². The number of hydrogen-bond donors (Lipinski definition) is 1. The molecule has 0 unspecified atom stereocenters. The quantitative estimate of drug-likeness (QED) is 0.884. The lowest BCUT2D eigenvalue weighted by Crippen LogP contribution is -2.51. The maximum atomic E-state index is 12.5. The molecule has 1 fully saturated rings. The normalized spacial score (nSPS) is 22.6. The molecule has 0 bridgehead atoms. The van der Waals surface area contributed by atoms with E-state index < -0.39 is 10.0 Å². The van der Waals surface area contributed by atoms with E-state index in [1.165, 1.54) is 22.8 Å². The number of methoxy groups -OCH3 is 1. The van der Waals surface area contributed by atoms with Crippen LogP contribution in [-0.4, -0.2) is 45.5 Å². The zero-order valence-electron chi connectivity index (χ0n) is 9.84. The van der Waals surface area contributed by atoms with Crippen LogP contribution in [0.15, 0.2) is 15.7 Å². The molecule has 0 saturated carbocycles. The van der Waals surface area contributed by atoms with Crippen LogP contribution in [0.1, 0.15) is 6.92 Å². The van der Waals surface area contributed by atoms with Gasteiger partial charge in [0.15, 0.2) is 4.21 Å². The summed E-state index contributed by atoms with van der Waals surface area (Å²) in [7, 11) is -1.94. The molecule has 5 nitrogen and oxygen atoms in total. The molecule has 96 valence electrons. The van der Waals surface area contributed by atoms with Crippen molar-refractivity contribution in [1.82, 2.24) is 9.62 Å². The third-order valence-corrected chi connectivity index (χ3v) is 6.24. The third kappa shape index (κ3) is 2.33. The summed E-state index contributed by atoms with van der Waals surface area (Å²) in [5.41, 5.74) is 0. The fourth-order valence-electron chi connectivity index (χ4n) is 1.91. The van der Waals surface area contributed by atoms with E-state index in [1.807, 2.05) is 6.92 Å². The molecule has 1 aliphatic heterocycles. The minimum absolute atomic E-state index is 0.0273. The van der Waals surface area contributed by atoms with Gasteiger partial charge in [-0.15, -0.1) is 11.3 Å². The van der Waals surface area contributed by atoms with E-state index in [9.17, 15) is 8.42 Å². The molecular weight excluding hydrogens is 260 g/mol. The van der Waals surface area contributed by atoms with E-state index in [0.717, 1.165) is 0 Å². The molecule has 0 radical (unpaired) electrons. The molecule has 1 atom stereocenters. The van der Waals surface area contributed by atoms with Crippen molar-refractivity contribution < 1.29 is 13.2 Å². The third-order valence-electron chi connectivity index (χ3n) is 2.80. The van der Waals surface area contributed by atoms with E-state index in [-0.39, 0.29) is 6.04 Å². The van der Waals surface area contributed by atoms with Crippen LogP contribution in [0.2, 0.25) is 0 Å². The molecule has 1 N–H and O–H groups in total. The first-order valence-electron chi connectivity index (χ1n) is 5.41. The van der Waals surface area contributed by atoms with Crippen molar-refractivity contribution >= 4 is 21.4 Å². The van der Waals surface area contributed by atoms with Crippen molar-refractivity contribution in [3.05, 3.63) is 11.4 Å².